The van der Waals surface area contributed by atoms with Crippen molar-refractivity contribution in [3.05, 3.63) is 53.6 Å². The van der Waals surface area contributed by atoms with Crippen LogP contribution in [0, 0.1) is 6.92 Å². The van der Waals surface area contributed by atoms with E-state index in [4.69, 9.17) is 0 Å². The topological polar surface area (TPSA) is 75.1 Å². The summed E-state index contributed by atoms with van der Waals surface area (Å²) in [4.78, 5) is 34.2. The lowest BCUT2D eigenvalue weighted by molar-refractivity contribution is 0.0745. The number of rotatable bonds is 3. The van der Waals surface area contributed by atoms with Crippen molar-refractivity contribution in [3.8, 4) is 11.4 Å². The molecular weight excluding hydrogens is 348 g/mol. The Labute approximate surface area is 155 Å². The molecule has 1 fully saturated rings. The van der Waals surface area contributed by atoms with Gasteiger partial charge in [0.15, 0.2) is 11.0 Å². The summed E-state index contributed by atoms with van der Waals surface area (Å²) in [6.07, 6.45) is 6.86. The Morgan fingerprint density at radius 1 is 1.12 bits per heavy atom. The standard InChI is InChI=1S/C18H18N6OS/c1-13-15(12-21-16(22-13)14-3-2-4-19-11-14)17(25)23-6-8-24(9-7-23)18-20-5-10-26-18/h2-5,10-12H,6-9H2,1H3. The van der Waals surface area contributed by atoms with Gasteiger partial charge in [0.1, 0.15) is 0 Å². The van der Waals surface area contributed by atoms with Gasteiger partial charge < -0.3 is 9.80 Å². The minimum atomic E-state index is -0.0148. The predicted molar refractivity (Wildman–Crippen MR) is 100 cm³/mol. The maximum absolute atomic E-state index is 12.9. The zero-order valence-corrected chi connectivity index (χ0v) is 15.2. The van der Waals surface area contributed by atoms with E-state index in [9.17, 15) is 4.79 Å². The van der Waals surface area contributed by atoms with Gasteiger partial charge in [-0.05, 0) is 19.1 Å². The molecule has 7 nitrogen and oxygen atoms in total. The molecule has 0 bridgehead atoms. The highest BCUT2D eigenvalue weighted by Gasteiger charge is 2.25. The summed E-state index contributed by atoms with van der Waals surface area (Å²) in [7, 11) is 0. The van der Waals surface area contributed by atoms with Gasteiger partial charge >= 0.3 is 0 Å². The fourth-order valence-electron chi connectivity index (χ4n) is 2.95. The van der Waals surface area contributed by atoms with Gasteiger partial charge in [-0.3, -0.25) is 9.78 Å². The van der Waals surface area contributed by atoms with Crippen molar-refractivity contribution in [2.45, 2.75) is 6.92 Å². The summed E-state index contributed by atoms with van der Waals surface area (Å²) < 4.78 is 0. The Bertz CT molecular complexity index is 891. The second-order valence-corrected chi connectivity index (χ2v) is 6.90. The summed E-state index contributed by atoms with van der Waals surface area (Å²) in [5.74, 6) is 0.569. The van der Waals surface area contributed by atoms with Crippen LogP contribution in [0.2, 0.25) is 0 Å². The lowest BCUT2D eigenvalue weighted by atomic mass is 10.2. The van der Waals surface area contributed by atoms with Crippen LogP contribution < -0.4 is 4.90 Å². The van der Waals surface area contributed by atoms with Crippen molar-refractivity contribution in [3.63, 3.8) is 0 Å². The van der Waals surface area contributed by atoms with E-state index in [0.717, 1.165) is 23.8 Å². The normalized spacial score (nSPS) is 14.5. The number of thiazole rings is 1. The first-order valence-corrected chi connectivity index (χ1v) is 9.28. The van der Waals surface area contributed by atoms with Gasteiger partial charge in [0.05, 0.1) is 11.3 Å². The van der Waals surface area contributed by atoms with Crippen LogP contribution in [0.25, 0.3) is 11.4 Å². The molecule has 0 saturated carbocycles. The van der Waals surface area contributed by atoms with Crippen molar-refractivity contribution in [2.75, 3.05) is 31.1 Å². The number of carbonyl (C=O) groups excluding carboxylic acids is 1. The summed E-state index contributed by atoms with van der Waals surface area (Å²) in [6, 6.07) is 3.75. The molecule has 0 atom stereocenters. The Morgan fingerprint density at radius 3 is 2.62 bits per heavy atom. The number of hydrogen-bond donors (Lipinski definition) is 0. The molecule has 0 unspecified atom stereocenters. The summed E-state index contributed by atoms with van der Waals surface area (Å²) in [6.45, 7) is 4.75. The molecule has 8 heteroatoms. The summed E-state index contributed by atoms with van der Waals surface area (Å²) >= 11 is 1.62. The van der Waals surface area contributed by atoms with E-state index in [2.05, 4.69) is 24.8 Å². The zero-order chi connectivity index (χ0) is 17.9. The SMILES string of the molecule is Cc1nc(-c2cccnc2)ncc1C(=O)N1CCN(c2nccs2)CC1. The number of pyridine rings is 1. The summed E-state index contributed by atoms with van der Waals surface area (Å²) in [5.41, 5.74) is 2.08. The molecule has 132 valence electrons. The molecule has 4 heterocycles. The molecule has 0 spiro atoms. The number of aromatic nitrogens is 4. The third-order valence-electron chi connectivity index (χ3n) is 4.39. The third kappa shape index (κ3) is 3.28. The number of carbonyl (C=O) groups is 1. The average molecular weight is 366 g/mol. The maximum Gasteiger partial charge on any atom is 0.257 e. The van der Waals surface area contributed by atoms with E-state index in [0.29, 0.717) is 30.2 Å². The van der Waals surface area contributed by atoms with E-state index in [1.807, 2.05) is 35.5 Å². The van der Waals surface area contributed by atoms with Crippen LogP contribution in [-0.2, 0) is 0 Å². The molecule has 0 aromatic carbocycles. The van der Waals surface area contributed by atoms with Crippen LogP contribution in [0.4, 0.5) is 5.13 Å². The molecule has 0 aliphatic carbocycles. The fraction of sp³-hybridized carbons (Fsp3) is 0.278. The van der Waals surface area contributed by atoms with Gasteiger partial charge in [-0.25, -0.2) is 15.0 Å². The fourth-order valence-corrected chi connectivity index (χ4v) is 3.65. The largest absolute Gasteiger partial charge is 0.345 e. The second kappa shape index (κ2) is 7.17. The molecule has 1 aliphatic heterocycles. The number of aryl methyl sites for hydroxylation is 1. The van der Waals surface area contributed by atoms with E-state index >= 15 is 0 Å². The number of amides is 1. The first-order chi connectivity index (χ1) is 12.7. The highest BCUT2D eigenvalue weighted by Crippen LogP contribution is 2.20. The van der Waals surface area contributed by atoms with E-state index < -0.39 is 0 Å². The Hall–Kier alpha value is -2.87. The van der Waals surface area contributed by atoms with Crippen LogP contribution in [0.15, 0.2) is 42.3 Å². The zero-order valence-electron chi connectivity index (χ0n) is 14.4. The Kier molecular flexibility index (Phi) is 4.57. The van der Waals surface area contributed by atoms with Crippen molar-refractivity contribution < 1.29 is 4.79 Å². The van der Waals surface area contributed by atoms with Gasteiger partial charge in [-0.15, -0.1) is 11.3 Å². The monoisotopic (exact) mass is 366 g/mol. The highest BCUT2D eigenvalue weighted by molar-refractivity contribution is 7.13. The third-order valence-corrected chi connectivity index (χ3v) is 5.22. The summed E-state index contributed by atoms with van der Waals surface area (Å²) in [5, 5.41) is 2.98. The quantitative estimate of drug-likeness (QED) is 0.708. The molecule has 3 aromatic rings. The number of piperazine rings is 1. The minimum Gasteiger partial charge on any atom is -0.345 e. The van der Waals surface area contributed by atoms with Gasteiger partial charge in [-0.2, -0.15) is 0 Å². The van der Waals surface area contributed by atoms with E-state index in [1.54, 1.807) is 29.9 Å². The second-order valence-electron chi connectivity index (χ2n) is 6.03. The Balaban J connectivity index is 1.47. The van der Waals surface area contributed by atoms with Crippen molar-refractivity contribution in [1.82, 2.24) is 24.8 Å². The van der Waals surface area contributed by atoms with E-state index in [-0.39, 0.29) is 5.91 Å². The van der Waals surface area contributed by atoms with Crippen LogP contribution in [0.5, 0.6) is 0 Å². The van der Waals surface area contributed by atoms with Gasteiger partial charge in [0.25, 0.3) is 5.91 Å². The van der Waals surface area contributed by atoms with Gasteiger partial charge in [-0.1, -0.05) is 0 Å². The maximum atomic E-state index is 12.9. The molecule has 1 saturated heterocycles. The number of nitrogens with zero attached hydrogens (tertiary/aromatic N) is 6. The van der Waals surface area contributed by atoms with Crippen molar-refractivity contribution in [2.24, 2.45) is 0 Å². The minimum absolute atomic E-state index is 0.0148. The lowest BCUT2D eigenvalue weighted by Crippen LogP contribution is -2.49. The smallest absolute Gasteiger partial charge is 0.257 e. The van der Waals surface area contributed by atoms with Crippen LogP contribution >= 0.6 is 11.3 Å². The first kappa shape index (κ1) is 16.6. The van der Waals surface area contributed by atoms with Crippen LogP contribution in [-0.4, -0.2) is 56.9 Å². The molecule has 0 radical (unpaired) electrons. The average Bonchev–Trinajstić information content (AvgIpc) is 3.23. The molecule has 1 amide bonds. The van der Waals surface area contributed by atoms with Crippen LogP contribution in [0.3, 0.4) is 0 Å². The lowest BCUT2D eigenvalue weighted by Gasteiger charge is -2.34. The van der Waals surface area contributed by atoms with Crippen molar-refractivity contribution >= 4 is 22.4 Å². The molecule has 4 rings (SSSR count). The molecule has 26 heavy (non-hydrogen) atoms. The first-order valence-electron chi connectivity index (χ1n) is 8.40. The van der Waals surface area contributed by atoms with E-state index in [1.165, 1.54) is 0 Å². The molecule has 0 N–H and O–H groups in total. The van der Waals surface area contributed by atoms with Gasteiger partial charge in [0, 0.05) is 61.9 Å². The number of anilines is 1. The molecule has 1 aliphatic rings. The predicted octanol–water partition coefficient (Wildman–Crippen LogP) is 2.27. The Morgan fingerprint density at radius 2 is 1.96 bits per heavy atom. The van der Waals surface area contributed by atoms with Crippen LogP contribution in [0.1, 0.15) is 16.1 Å². The number of hydrogen-bond acceptors (Lipinski definition) is 7. The highest BCUT2D eigenvalue weighted by atomic mass is 32.1. The van der Waals surface area contributed by atoms with Crippen molar-refractivity contribution in [1.29, 1.82) is 0 Å². The van der Waals surface area contributed by atoms with Gasteiger partial charge in [0.2, 0.25) is 0 Å². The molecular formula is C18H18N6OS. The molecule has 3 aromatic heterocycles.